The van der Waals surface area contributed by atoms with Crippen LogP contribution in [0.15, 0.2) is 0 Å². The van der Waals surface area contributed by atoms with Gasteiger partial charge < -0.3 is 0 Å². The van der Waals surface area contributed by atoms with Crippen LogP contribution < -0.4 is 0 Å². The van der Waals surface area contributed by atoms with E-state index in [4.69, 9.17) is 0 Å². The van der Waals surface area contributed by atoms with E-state index in [0.29, 0.717) is 0 Å². The van der Waals surface area contributed by atoms with Crippen LogP contribution in [-0.2, 0) is 0 Å². The molecule has 1 rings (SSSR count). The number of hydrogen-bond donors (Lipinski definition) is 0. The highest BCUT2D eigenvalue weighted by atomic mass is 29.3. The van der Waals surface area contributed by atoms with Gasteiger partial charge in [-0.25, -0.2) is 0 Å². The summed E-state index contributed by atoms with van der Waals surface area (Å²) in [4.78, 5) is 0. The molecule has 78 valence electrons. The molecule has 0 unspecified atom stereocenters. The molecule has 1 aliphatic rings. The van der Waals surface area contributed by atoms with Crippen molar-refractivity contribution in [3.8, 4) is 0 Å². The normalized spacial score (nSPS) is 30.9. The second-order valence-electron chi connectivity index (χ2n) is 6.93. The molecule has 0 radical (unpaired) electrons. The molecule has 0 aliphatic carbocycles. The Morgan fingerprint density at radius 3 is 1.15 bits per heavy atom. The molecule has 0 aromatic rings. The molecular formula is C10H26Si3. The lowest BCUT2D eigenvalue weighted by Crippen LogP contribution is -2.53. The fraction of sp³-hybridized carbons (Fsp3) is 1.00. The fourth-order valence-corrected chi connectivity index (χ4v) is 20.4. The largest absolute Gasteiger partial charge is 0.0713 e. The highest BCUT2D eigenvalue weighted by Gasteiger charge is 2.44. The Hall–Kier alpha value is 0.651. The molecule has 0 bridgehead atoms. The van der Waals surface area contributed by atoms with Crippen molar-refractivity contribution >= 4 is 23.3 Å². The highest BCUT2D eigenvalue weighted by molar-refractivity contribution is 7.41. The lowest BCUT2D eigenvalue weighted by molar-refractivity contribution is 1.24. The van der Waals surface area contributed by atoms with Crippen molar-refractivity contribution < 1.29 is 0 Å². The Morgan fingerprint density at radius 1 is 0.538 bits per heavy atom. The third-order valence-corrected chi connectivity index (χ3v) is 28.0. The summed E-state index contributed by atoms with van der Waals surface area (Å²) in [5.74, 6) is 0. The van der Waals surface area contributed by atoms with Crippen molar-refractivity contribution in [3.63, 3.8) is 0 Å². The molecule has 3 heteroatoms. The summed E-state index contributed by atoms with van der Waals surface area (Å²) < 4.78 is 0. The van der Waals surface area contributed by atoms with Crippen molar-refractivity contribution in [2.24, 2.45) is 0 Å². The van der Waals surface area contributed by atoms with Crippen molar-refractivity contribution in [1.29, 1.82) is 0 Å². The highest BCUT2D eigenvalue weighted by Crippen LogP contribution is 2.38. The van der Waals surface area contributed by atoms with Gasteiger partial charge in [-0.05, 0) is 0 Å². The lowest BCUT2D eigenvalue weighted by atomic mass is 10.9. The summed E-state index contributed by atoms with van der Waals surface area (Å²) in [5.41, 5.74) is 0. The number of rotatable bonds is 0. The van der Waals surface area contributed by atoms with Gasteiger partial charge in [0.25, 0.3) is 0 Å². The summed E-state index contributed by atoms with van der Waals surface area (Å²) in [5, 5.41) is 0. The van der Waals surface area contributed by atoms with Gasteiger partial charge in [0.1, 0.15) is 0 Å². The van der Waals surface area contributed by atoms with Crippen LogP contribution in [0.4, 0.5) is 0 Å². The molecule has 13 heavy (non-hydrogen) atoms. The van der Waals surface area contributed by atoms with E-state index in [1.807, 2.05) is 0 Å². The van der Waals surface area contributed by atoms with E-state index in [1.165, 1.54) is 0 Å². The van der Waals surface area contributed by atoms with Gasteiger partial charge in [-0.1, -0.05) is 63.5 Å². The van der Waals surface area contributed by atoms with Crippen molar-refractivity contribution in [3.05, 3.63) is 0 Å². The minimum atomic E-state index is -0.784. The molecule has 0 spiro atoms. The molecule has 1 saturated heterocycles. The summed E-state index contributed by atoms with van der Waals surface area (Å²) in [7, 11) is -2.32. The van der Waals surface area contributed by atoms with E-state index in [2.05, 4.69) is 39.3 Å². The zero-order valence-corrected chi connectivity index (χ0v) is 13.3. The average molecular weight is 231 g/mol. The molecule has 1 heterocycles. The minimum absolute atomic E-state index is 0.749. The number of hydrogen-bond acceptors (Lipinski definition) is 0. The maximum Gasteiger partial charge on any atom is 0.0468 e. The third kappa shape index (κ3) is 2.57. The van der Waals surface area contributed by atoms with Gasteiger partial charge in [0.2, 0.25) is 0 Å². The van der Waals surface area contributed by atoms with Crippen LogP contribution in [0.5, 0.6) is 0 Å². The first kappa shape index (κ1) is 11.7. The predicted molar refractivity (Wildman–Crippen MR) is 71.7 cm³/mol. The van der Waals surface area contributed by atoms with Crippen molar-refractivity contribution in [1.82, 2.24) is 0 Å². The summed E-state index contributed by atoms with van der Waals surface area (Å²) in [6.45, 7) is 15.9. The van der Waals surface area contributed by atoms with Crippen LogP contribution >= 0.6 is 0 Å². The zero-order chi connectivity index (χ0) is 10.3. The summed E-state index contributed by atoms with van der Waals surface area (Å²) in [6.07, 6.45) is 0. The van der Waals surface area contributed by atoms with Crippen LogP contribution in [0.3, 0.4) is 0 Å². The monoisotopic (exact) mass is 230 g/mol. The molecule has 0 saturated carbocycles. The Labute approximate surface area is 86.9 Å². The lowest BCUT2D eigenvalue weighted by Gasteiger charge is -2.36. The van der Waals surface area contributed by atoms with E-state index >= 15 is 0 Å². The Bertz CT molecular complexity index is 174. The Morgan fingerprint density at radius 2 is 0.846 bits per heavy atom. The molecule has 0 aromatic heterocycles. The third-order valence-electron chi connectivity index (χ3n) is 4.69. The van der Waals surface area contributed by atoms with Crippen LogP contribution in [0.1, 0.15) is 0 Å². The minimum Gasteiger partial charge on any atom is -0.0713 e. The van der Waals surface area contributed by atoms with Gasteiger partial charge >= 0.3 is 0 Å². The Kier molecular flexibility index (Phi) is 3.02. The van der Waals surface area contributed by atoms with Gasteiger partial charge in [0, 0.05) is 23.3 Å². The topological polar surface area (TPSA) is 0 Å². The van der Waals surface area contributed by atoms with Crippen LogP contribution in [0.25, 0.3) is 0 Å². The molecule has 0 N–H and O–H groups in total. The second kappa shape index (κ2) is 3.35. The molecule has 1 fully saturated rings. The standard InChI is InChI=1S/C10H26Si3/c1-11(2)7-9-12(3,4)13(5,6)10-8-11/h7-10H2,1-6H3. The molecule has 0 aromatic carbocycles. The van der Waals surface area contributed by atoms with E-state index < -0.39 is 23.3 Å². The fourth-order valence-electron chi connectivity index (χ4n) is 2.10. The van der Waals surface area contributed by atoms with Gasteiger partial charge in [-0.2, -0.15) is 0 Å². The summed E-state index contributed by atoms with van der Waals surface area (Å²) >= 11 is 0. The van der Waals surface area contributed by atoms with Crippen LogP contribution in [-0.4, -0.2) is 23.3 Å². The van der Waals surface area contributed by atoms with Gasteiger partial charge in [0.15, 0.2) is 0 Å². The molecule has 1 aliphatic heterocycles. The molecular weight excluding hydrogens is 204 g/mol. The van der Waals surface area contributed by atoms with Gasteiger partial charge in [-0.15, -0.1) is 0 Å². The van der Waals surface area contributed by atoms with Crippen molar-refractivity contribution in [2.75, 3.05) is 0 Å². The maximum atomic E-state index is 2.66. The molecule has 0 nitrogen and oxygen atoms in total. The van der Waals surface area contributed by atoms with E-state index in [0.717, 1.165) is 0 Å². The molecule has 0 atom stereocenters. The SMILES string of the molecule is C[Si]1(C)CC[Si](C)(C)[Si](C)(C)CC1. The first-order valence-electron chi connectivity index (χ1n) is 5.66. The van der Waals surface area contributed by atoms with Gasteiger partial charge in [0.05, 0.1) is 0 Å². The quantitative estimate of drug-likeness (QED) is 0.547. The van der Waals surface area contributed by atoms with Crippen LogP contribution in [0.2, 0.25) is 63.5 Å². The second-order valence-corrected chi connectivity index (χ2v) is 28.9. The van der Waals surface area contributed by atoms with Crippen molar-refractivity contribution in [2.45, 2.75) is 63.5 Å². The molecule has 0 amide bonds. The maximum absolute atomic E-state index is 2.66. The average Bonchev–Trinajstić information content (AvgIpc) is 2.02. The summed E-state index contributed by atoms with van der Waals surface area (Å²) in [6, 6.07) is 6.54. The zero-order valence-electron chi connectivity index (χ0n) is 10.3. The van der Waals surface area contributed by atoms with Crippen LogP contribution in [0, 0.1) is 0 Å². The predicted octanol–water partition coefficient (Wildman–Crippen LogP) is 4.20. The Balaban J connectivity index is 2.82. The first-order chi connectivity index (χ1) is 5.66. The van der Waals surface area contributed by atoms with E-state index in [9.17, 15) is 0 Å². The smallest absolute Gasteiger partial charge is 0.0468 e. The van der Waals surface area contributed by atoms with E-state index in [1.54, 1.807) is 24.2 Å². The van der Waals surface area contributed by atoms with E-state index in [-0.39, 0.29) is 0 Å². The van der Waals surface area contributed by atoms with Gasteiger partial charge in [-0.3, -0.25) is 0 Å². The first-order valence-corrected chi connectivity index (χ1v) is 16.5.